The van der Waals surface area contributed by atoms with Crippen LogP contribution in [-0.4, -0.2) is 26.0 Å². The average Bonchev–Trinajstić information content (AvgIpc) is 2.72. The highest BCUT2D eigenvalue weighted by atomic mass is 16.1. The Morgan fingerprint density at radius 1 is 1.38 bits per heavy atom. The van der Waals surface area contributed by atoms with Crippen LogP contribution in [0.4, 0.5) is 11.4 Å². The molecule has 1 atom stereocenters. The second-order valence-electron chi connectivity index (χ2n) is 5.93. The molecule has 1 amide bonds. The highest BCUT2D eigenvalue weighted by Crippen LogP contribution is 2.29. The smallest absolute Gasteiger partial charge is 0.251 e. The van der Waals surface area contributed by atoms with E-state index < -0.39 is 0 Å². The molecule has 0 aliphatic carbocycles. The summed E-state index contributed by atoms with van der Waals surface area (Å²) in [5, 5.41) is 2.63. The molecular weight excluding hydrogens is 262 g/mol. The first-order valence-corrected chi connectivity index (χ1v) is 8.02. The van der Waals surface area contributed by atoms with Gasteiger partial charge in [-0.15, -0.1) is 0 Å². The summed E-state index contributed by atoms with van der Waals surface area (Å²) >= 11 is 0. The van der Waals surface area contributed by atoms with Gasteiger partial charge in [0.25, 0.3) is 5.91 Å². The highest BCUT2D eigenvalue weighted by Gasteiger charge is 2.18. The van der Waals surface area contributed by atoms with Gasteiger partial charge in [0.1, 0.15) is 0 Å². The topological polar surface area (TPSA) is 58.4 Å². The van der Waals surface area contributed by atoms with Crippen molar-refractivity contribution in [1.29, 1.82) is 0 Å². The average molecular weight is 289 g/mol. The third-order valence-electron chi connectivity index (χ3n) is 4.40. The zero-order chi connectivity index (χ0) is 15.2. The molecule has 1 aromatic rings. The van der Waals surface area contributed by atoms with Crippen LogP contribution < -0.4 is 16.0 Å². The maximum atomic E-state index is 11.6. The van der Waals surface area contributed by atoms with E-state index in [0.717, 1.165) is 24.7 Å². The van der Waals surface area contributed by atoms with Crippen LogP contribution in [0.3, 0.4) is 0 Å². The number of anilines is 2. The molecule has 116 valence electrons. The molecule has 4 nitrogen and oxygen atoms in total. The van der Waals surface area contributed by atoms with Crippen molar-refractivity contribution >= 4 is 17.3 Å². The molecule has 1 aliphatic heterocycles. The molecule has 21 heavy (non-hydrogen) atoms. The Hall–Kier alpha value is -1.71. The first-order chi connectivity index (χ1) is 10.2. The van der Waals surface area contributed by atoms with E-state index in [0.29, 0.717) is 11.3 Å². The molecule has 3 N–H and O–H groups in total. The lowest BCUT2D eigenvalue weighted by atomic mass is 9.96. The van der Waals surface area contributed by atoms with Gasteiger partial charge in [0.2, 0.25) is 0 Å². The van der Waals surface area contributed by atoms with Gasteiger partial charge in [-0.25, -0.2) is 0 Å². The molecule has 2 rings (SSSR count). The zero-order valence-electron chi connectivity index (χ0n) is 13.2. The zero-order valence-corrected chi connectivity index (χ0v) is 13.2. The fraction of sp³-hybridized carbons (Fsp3) is 0.588. The van der Waals surface area contributed by atoms with Crippen molar-refractivity contribution in [2.24, 2.45) is 5.92 Å². The van der Waals surface area contributed by atoms with Crippen molar-refractivity contribution in [2.75, 3.05) is 30.8 Å². The maximum Gasteiger partial charge on any atom is 0.251 e. The number of nitrogens with two attached hydrogens (primary N) is 1. The summed E-state index contributed by atoms with van der Waals surface area (Å²) in [5.41, 5.74) is 8.56. The van der Waals surface area contributed by atoms with Gasteiger partial charge < -0.3 is 16.0 Å². The number of hydrogen-bond acceptors (Lipinski definition) is 3. The molecule has 0 saturated carbocycles. The molecule has 1 saturated heterocycles. The fourth-order valence-corrected chi connectivity index (χ4v) is 3.23. The quantitative estimate of drug-likeness (QED) is 0.838. The van der Waals surface area contributed by atoms with E-state index in [2.05, 4.69) is 17.1 Å². The van der Waals surface area contributed by atoms with Gasteiger partial charge >= 0.3 is 0 Å². The SMILES string of the molecule is CCCC1CCCN(c2ccc(C(=O)NC)cc2N)CC1. The van der Waals surface area contributed by atoms with E-state index in [-0.39, 0.29) is 5.91 Å². The standard InChI is InChI=1S/C17H27N3O/c1-3-5-13-6-4-10-20(11-9-13)16-8-7-14(12-15(16)18)17(21)19-2/h7-8,12-13H,3-6,9-11,18H2,1-2H3,(H,19,21). The van der Waals surface area contributed by atoms with Crippen LogP contribution in [0.5, 0.6) is 0 Å². The minimum Gasteiger partial charge on any atom is -0.397 e. The van der Waals surface area contributed by atoms with E-state index >= 15 is 0 Å². The second-order valence-corrected chi connectivity index (χ2v) is 5.93. The molecule has 1 unspecified atom stereocenters. The maximum absolute atomic E-state index is 11.6. The fourth-order valence-electron chi connectivity index (χ4n) is 3.23. The van der Waals surface area contributed by atoms with E-state index in [1.54, 1.807) is 13.1 Å². The van der Waals surface area contributed by atoms with Crippen LogP contribution in [0.1, 0.15) is 49.4 Å². The number of carbonyl (C=O) groups excluding carboxylic acids is 1. The monoisotopic (exact) mass is 289 g/mol. The molecule has 0 aromatic heterocycles. The van der Waals surface area contributed by atoms with Crippen LogP contribution in [0.25, 0.3) is 0 Å². The molecule has 0 bridgehead atoms. The molecular formula is C17H27N3O. The minimum absolute atomic E-state index is 0.0906. The second kappa shape index (κ2) is 7.34. The Morgan fingerprint density at radius 2 is 2.19 bits per heavy atom. The number of amides is 1. The van der Waals surface area contributed by atoms with E-state index in [4.69, 9.17) is 5.73 Å². The van der Waals surface area contributed by atoms with Crippen molar-refractivity contribution in [1.82, 2.24) is 5.32 Å². The Balaban J connectivity index is 2.09. The van der Waals surface area contributed by atoms with E-state index in [1.165, 1.54) is 32.1 Å². The molecule has 1 heterocycles. The Kier molecular flexibility index (Phi) is 5.48. The third kappa shape index (κ3) is 3.90. The van der Waals surface area contributed by atoms with Crippen LogP contribution in [-0.2, 0) is 0 Å². The minimum atomic E-state index is -0.0906. The Bertz CT molecular complexity index is 487. The summed E-state index contributed by atoms with van der Waals surface area (Å²) in [4.78, 5) is 14.0. The first kappa shape index (κ1) is 15.7. The van der Waals surface area contributed by atoms with Gasteiger partial charge in [-0.2, -0.15) is 0 Å². The highest BCUT2D eigenvalue weighted by molar-refractivity contribution is 5.96. The molecule has 1 aliphatic rings. The first-order valence-electron chi connectivity index (χ1n) is 8.02. The van der Waals surface area contributed by atoms with Gasteiger partial charge in [0, 0.05) is 25.7 Å². The molecule has 0 spiro atoms. The number of benzene rings is 1. The van der Waals surface area contributed by atoms with Crippen LogP contribution >= 0.6 is 0 Å². The van der Waals surface area contributed by atoms with E-state index in [9.17, 15) is 4.79 Å². The van der Waals surface area contributed by atoms with Crippen LogP contribution in [0, 0.1) is 5.92 Å². The van der Waals surface area contributed by atoms with Crippen molar-refractivity contribution in [3.63, 3.8) is 0 Å². The van der Waals surface area contributed by atoms with Crippen molar-refractivity contribution in [3.8, 4) is 0 Å². The summed E-state index contributed by atoms with van der Waals surface area (Å²) in [6, 6.07) is 5.63. The number of rotatable bonds is 4. The van der Waals surface area contributed by atoms with Crippen molar-refractivity contribution in [3.05, 3.63) is 23.8 Å². The molecule has 4 heteroatoms. The van der Waals surface area contributed by atoms with Crippen LogP contribution in [0.15, 0.2) is 18.2 Å². The van der Waals surface area contributed by atoms with Gasteiger partial charge in [-0.3, -0.25) is 4.79 Å². The summed E-state index contributed by atoms with van der Waals surface area (Å²) in [5.74, 6) is 0.762. The number of carbonyl (C=O) groups is 1. The van der Waals surface area contributed by atoms with Gasteiger partial charge in [0.05, 0.1) is 11.4 Å². The summed E-state index contributed by atoms with van der Waals surface area (Å²) in [6.45, 7) is 4.38. The predicted molar refractivity (Wildman–Crippen MR) is 88.7 cm³/mol. The summed E-state index contributed by atoms with van der Waals surface area (Å²) in [7, 11) is 1.63. The number of nitrogens with zero attached hydrogens (tertiary/aromatic N) is 1. The largest absolute Gasteiger partial charge is 0.397 e. The number of nitrogens with one attached hydrogen (secondary N) is 1. The van der Waals surface area contributed by atoms with Gasteiger partial charge in [-0.1, -0.05) is 19.8 Å². The lowest BCUT2D eigenvalue weighted by Crippen LogP contribution is -2.25. The van der Waals surface area contributed by atoms with Crippen molar-refractivity contribution < 1.29 is 4.79 Å². The van der Waals surface area contributed by atoms with Crippen LogP contribution in [0.2, 0.25) is 0 Å². The normalized spacial score (nSPS) is 19.1. The summed E-state index contributed by atoms with van der Waals surface area (Å²) < 4.78 is 0. The molecule has 1 fully saturated rings. The molecule has 0 radical (unpaired) electrons. The number of hydrogen-bond donors (Lipinski definition) is 2. The predicted octanol–water partition coefficient (Wildman–Crippen LogP) is 3.04. The van der Waals surface area contributed by atoms with Gasteiger partial charge in [0.15, 0.2) is 0 Å². The summed E-state index contributed by atoms with van der Waals surface area (Å²) in [6.07, 6.45) is 6.39. The Morgan fingerprint density at radius 3 is 2.86 bits per heavy atom. The lowest BCUT2D eigenvalue weighted by Gasteiger charge is -2.24. The lowest BCUT2D eigenvalue weighted by molar-refractivity contribution is 0.0963. The Labute approximate surface area is 127 Å². The van der Waals surface area contributed by atoms with Gasteiger partial charge in [-0.05, 0) is 43.4 Å². The van der Waals surface area contributed by atoms with Crippen molar-refractivity contribution in [2.45, 2.75) is 39.0 Å². The molecule has 1 aromatic carbocycles. The van der Waals surface area contributed by atoms with E-state index in [1.807, 2.05) is 12.1 Å². The third-order valence-corrected chi connectivity index (χ3v) is 4.40. The number of nitrogen functional groups attached to an aromatic ring is 1.